The van der Waals surface area contributed by atoms with Gasteiger partial charge in [-0.1, -0.05) is 15.9 Å². The van der Waals surface area contributed by atoms with Gasteiger partial charge in [-0.25, -0.2) is 0 Å². The minimum Gasteiger partial charge on any atom is -0.346 e. The van der Waals surface area contributed by atoms with Crippen LogP contribution in [0.5, 0.6) is 0 Å². The van der Waals surface area contributed by atoms with Crippen molar-refractivity contribution >= 4 is 33.1 Å². The Balaban J connectivity index is 1.80. The van der Waals surface area contributed by atoms with Crippen molar-refractivity contribution in [2.45, 2.75) is 31.4 Å². The van der Waals surface area contributed by atoms with Gasteiger partial charge in [0.25, 0.3) is 17.2 Å². The highest BCUT2D eigenvalue weighted by molar-refractivity contribution is 9.10. The average Bonchev–Trinajstić information content (AvgIpc) is 2.79. The summed E-state index contributed by atoms with van der Waals surface area (Å²) in [6.07, 6.45) is 4.29. The number of benzene rings is 2. The zero-order valence-electron chi connectivity index (χ0n) is 14.8. The summed E-state index contributed by atoms with van der Waals surface area (Å²) in [5.74, 6) is 1.12. The quantitative estimate of drug-likeness (QED) is 0.453. The van der Waals surface area contributed by atoms with Gasteiger partial charge in [0.1, 0.15) is 5.69 Å². The van der Waals surface area contributed by atoms with Gasteiger partial charge in [0.2, 0.25) is 0 Å². The summed E-state index contributed by atoms with van der Waals surface area (Å²) < 4.78 is 3.24. The third-order valence-corrected chi connectivity index (χ3v) is 5.89. The molecule has 27 heavy (non-hydrogen) atoms. The number of amidine groups is 1. The second-order valence-electron chi connectivity index (χ2n) is 7.08. The van der Waals surface area contributed by atoms with Gasteiger partial charge in [0.05, 0.1) is 11.5 Å². The van der Waals surface area contributed by atoms with Gasteiger partial charge in [-0.2, -0.15) is 4.90 Å². The Hall–Kier alpha value is -2.25. The van der Waals surface area contributed by atoms with Gasteiger partial charge in [0.15, 0.2) is 6.54 Å². The van der Waals surface area contributed by atoms with E-state index in [1.807, 2.05) is 29.2 Å². The number of nitrogens with zero attached hydrogens (tertiary/aromatic N) is 3. The predicted octanol–water partition coefficient (Wildman–Crippen LogP) is 4.01. The molecule has 2 aliphatic rings. The molecular formula is C20H21BrN3O3+. The second-order valence-corrected chi connectivity index (χ2v) is 8.00. The van der Waals surface area contributed by atoms with Crippen LogP contribution in [0, 0.1) is 10.1 Å². The summed E-state index contributed by atoms with van der Waals surface area (Å²) >= 11 is 3.47. The van der Waals surface area contributed by atoms with Crippen molar-refractivity contribution in [1.29, 1.82) is 0 Å². The Morgan fingerprint density at radius 1 is 1.07 bits per heavy atom. The molecule has 140 valence electrons. The Bertz CT molecular complexity index is 896. The maximum absolute atomic E-state index is 11.8. The van der Waals surface area contributed by atoms with Crippen molar-refractivity contribution in [3.05, 3.63) is 68.7 Å². The normalized spacial score (nSPS) is 22.5. The molecule has 0 saturated heterocycles. The summed E-state index contributed by atoms with van der Waals surface area (Å²) in [6, 6.07) is 14.1. The van der Waals surface area contributed by atoms with E-state index in [0.29, 0.717) is 12.1 Å². The molecule has 1 atom stereocenters. The van der Waals surface area contributed by atoms with Crippen LogP contribution in [-0.4, -0.2) is 33.5 Å². The lowest BCUT2D eigenvalue weighted by Gasteiger charge is -2.29. The number of nitro groups is 1. The molecule has 2 aromatic rings. The molecule has 0 radical (unpaired) electrons. The monoisotopic (exact) mass is 430 g/mol. The molecule has 0 amide bonds. The first kappa shape index (κ1) is 18.1. The SMILES string of the molecule is O=[N+]([O-])c1ccc([C@@]2(O)C[N+]3=C(CCCCC3)N2c2ccc(Br)cc2)cc1. The molecule has 0 fully saturated rings. The smallest absolute Gasteiger partial charge is 0.275 e. The first-order chi connectivity index (χ1) is 13.0. The van der Waals surface area contributed by atoms with E-state index in [1.165, 1.54) is 18.6 Å². The van der Waals surface area contributed by atoms with Gasteiger partial charge >= 0.3 is 0 Å². The van der Waals surface area contributed by atoms with E-state index in [1.54, 1.807) is 12.1 Å². The lowest BCUT2D eigenvalue weighted by atomic mass is 9.99. The molecule has 0 unspecified atom stereocenters. The molecule has 0 bridgehead atoms. The van der Waals surface area contributed by atoms with E-state index in [9.17, 15) is 15.2 Å². The van der Waals surface area contributed by atoms with Crippen LogP contribution in [0.3, 0.4) is 0 Å². The fourth-order valence-corrected chi connectivity index (χ4v) is 4.31. The van der Waals surface area contributed by atoms with Crippen molar-refractivity contribution in [3.63, 3.8) is 0 Å². The minimum absolute atomic E-state index is 0.0257. The van der Waals surface area contributed by atoms with Gasteiger partial charge in [0, 0.05) is 28.6 Å². The molecular weight excluding hydrogens is 410 g/mol. The third-order valence-electron chi connectivity index (χ3n) is 5.36. The third kappa shape index (κ3) is 3.26. The molecule has 0 aromatic heterocycles. The Morgan fingerprint density at radius 3 is 2.44 bits per heavy atom. The van der Waals surface area contributed by atoms with E-state index in [4.69, 9.17) is 0 Å². The van der Waals surface area contributed by atoms with Gasteiger partial charge in [-0.05, 0) is 55.7 Å². The van der Waals surface area contributed by atoms with Crippen molar-refractivity contribution in [3.8, 4) is 0 Å². The number of hydrogen-bond donors (Lipinski definition) is 1. The molecule has 0 spiro atoms. The van der Waals surface area contributed by atoms with E-state index < -0.39 is 10.6 Å². The first-order valence-electron chi connectivity index (χ1n) is 9.13. The van der Waals surface area contributed by atoms with Crippen LogP contribution in [0.4, 0.5) is 11.4 Å². The van der Waals surface area contributed by atoms with Crippen LogP contribution in [0.1, 0.15) is 31.2 Å². The second kappa shape index (κ2) is 7.05. The Kier molecular flexibility index (Phi) is 4.74. The van der Waals surface area contributed by atoms with Crippen LogP contribution in [0.15, 0.2) is 53.0 Å². The summed E-state index contributed by atoms with van der Waals surface area (Å²) in [7, 11) is 0. The highest BCUT2D eigenvalue weighted by atomic mass is 79.9. The fraction of sp³-hybridized carbons (Fsp3) is 0.350. The van der Waals surface area contributed by atoms with Crippen LogP contribution >= 0.6 is 15.9 Å². The highest BCUT2D eigenvalue weighted by Crippen LogP contribution is 2.38. The number of rotatable bonds is 3. The summed E-state index contributed by atoms with van der Waals surface area (Å²) in [6.45, 7) is 1.37. The standard InChI is InChI=1S/C20H21BrN3O3/c21-16-7-11-17(12-8-16)23-19-4-2-1-3-13-22(19)14-20(23,25)15-5-9-18(10-6-15)24(26)27/h5-12,25H,1-4,13-14H2/q+1/t20-/m0/s1. The minimum atomic E-state index is -1.25. The summed E-state index contributed by atoms with van der Waals surface area (Å²) in [5.41, 5.74) is 0.350. The number of nitro benzene ring substituents is 1. The number of anilines is 1. The van der Waals surface area contributed by atoms with E-state index in [2.05, 4.69) is 20.5 Å². The molecule has 1 N–H and O–H groups in total. The molecule has 0 saturated carbocycles. The van der Waals surface area contributed by atoms with Gasteiger partial charge < -0.3 is 5.11 Å². The molecule has 4 rings (SSSR count). The first-order valence-corrected chi connectivity index (χ1v) is 9.92. The van der Waals surface area contributed by atoms with Crippen molar-refractivity contribution < 1.29 is 14.6 Å². The molecule has 6 nitrogen and oxygen atoms in total. The van der Waals surface area contributed by atoms with Crippen LogP contribution in [0.2, 0.25) is 0 Å². The lowest BCUT2D eigenvalue weighted by Crippen LogP contribution is -2.47. The van der Waals surface area contributed by atoms with Crippen molar-refractivity contribution in [2.75, 3.05) is 18.0 Å². The fourth-order valence-electron chi connectivity index (χ4n) is 4.05. The number of hydrogen-bond acceptors (Lipinski definition) is 4. The number of non-ortho nitro benzene ring substituents is 1. The van der Waals surface area contributed by atoms with E-state index in [0.717, 1.165) is 41.8 Å². The summed E-state index contributed by atoms with van der Waals surface area (Å²) in [4.78, 5) is 12.6. The van der Waals surface area contributed by atoms with Crippen LogP contribution in [-0.2, 0) is 5.72 Å². The average molecular weight is 431 g/mol. The van der Waals surface area contributed by atoms with Crippen LogP contribution in [0.25, 0.3) is 0 Å². The van der Waals surface area contributed by atoms with Gasteiger partial charge in [-0.3, -0.25) is 14.7 Å². The van der Waals surface area contributed by atoms with Crippen molar-refractivity contribution in [1.82, 2.24) is 0 Å². The molecule has 7 heteroatoms. The maximum Gasteiger partial charge on any atom is 0.275 e. The zero-order chi connectivity index (χ0) is 19.0. The lowest BCUT2D eigenvalue weighted by molar-refractivity contribution is -0.534. The Labute approximate surface area is 166 Å². The molecule has 2 heterocycles. The largest absolute Gasteiger partial charge is 0.346 e. The highest BCUT2D eigenvalue weighted by Gasteiger charge is 2.54. The zero-order valence-corrected chi connectivity index (χ0v) is 16.4. The Morgan fingerprint density at radius 2 is 1.78 bits per heavy atom. The predicted molar refractivity (Wildman–Crippen MR) is 107 cm³/mol. The molecule has 0 aliphatic carbocycles. The number of aliphatic hydroxyl groups is 1. The topological polar surface area (TPSA) is 69.6 Å². The maximum atomic E-state index is 11.8. The van der Waals surface area contributed by atoms with Gasteiger partial charge in [-0.15, -0.1) is 0 Å². The number of halogens is 1. The van der Waals surface area contributed by atoms with Crippen LogP contribution < -0.4 is 4.90 Å². The van der Waals surface area contributed by atoms with Crippen molar-refractivity contribution in [2.24, 2.45) is 0 Å². The van der Waals surface area contributed by atoms with E-state index in [-0.39, 0.29) is 5.69 Å². The van der Waals surface area contributed by atoms with E-state index >= 15 is 0 Å². The molecule has 2 aliphatic heterocycles. The summed E-state index contributed by atoms with van der Waals surface area (Å²) in [5, 5.41) is 22.8. The molecule has 2 aromatic carbocycles.